The number of aliphatic hydroxyl groups is 4. The third-order valence-corrected chi connectivity index (χ3v) is 4.17. The number of carboxylic acids is 1. The molecule has 0 aromatic rings. The van der Waals surface area contributed by atoms with E-state index in [0.717, 1.165) is 38.5 Å². The molecule has 3 unspecified atom stereocenters. The van der Waals surface area contributed by atoms with Gasteiger partial charge in [0, 0.05) is 6.42 Å². The van der Waals surface area contributed by atoms with Crippen LogP contribution in [0, 0.1) is 5.92 Å². The Labute approximate surface area is 154 Å². The van der Waals surface area contributed by atoms with E-state index in [2.05, 4.69) is 0 Å². The van der Waals surface area contributed by atoms with Crippen LogP contribution in [0.2, 0.25) is 0 Å². The monoisotopic (exact) mass is 378 g/mol. The largest absolute Gasteiger partial charge is 0.481 e. The Morgan fingerprint density at radius 2 is 1.35 bits per heavy atom. The molecule has 8 nitrogen and oxygen atoms in total. The summed E-state index contributed by atoms with van der Waals surface area (Å²) < 4.78 is 4.95. The van der Waals surface area contributed by atoms with Gasteiger partial charge in [-0.05, 0) is 19.3 Å². The van der Waals surface area contributed by atoms with E-state index < -0.39 is 43.3 Å². The van der Waals surface area contributed by atoms with Crippen LogP contribution in [0.3, 0.4) is 0 Å². The molecule has 0 aromatic heterocycles. The molecule has 154 valence electrons. The molecule has 0 rings (SSSR count). The number of carbonyl (C=O) groups is 2. The van der Waals surface area contributed by atoms with E-state index in [0.29, 0.717) is 12.8 Å². The number of unbranched alkanes of at least 4 members (excludes halogenated alkanes) is 6. The Kier molecular flexibility index (Phi) is 15.2. The average molecular weight is 378 g/mol. The normalized spacial score (nSPS) is 14.6. The molecule has 0 amide bonds. The van der Waals surface area contributed by atoms with Gasteiger partial charge in [0.15, 0.2) is 0 Å². The fourth-order valence-corrected chi connectivity index (χ4v) is 2.63. The number of carboxylic acid groups (broad SMARTS) is 1. The van der Waals surface area contributed by atoms with Crippen LogP contribution in [0.15, 0.2) is 0 Å². The maximum atomic E-state index is 12.1. The lowest BCUT2D eigenvalue weighted by molar-refractivity contribution is -0.154. The Hall–Kier alpha value is -1.22. The van der Waals surface area contributed by atoms with Crippen LogP contribution in [0.25, 0.3) is 0 Å². The number of rotatable bonds is 17. The van der Waals surface area contributed by atoms with Crippen LogP contribution in [0.4, 0.5) is 0 Å². The first kappa shape index (κ1) is 24.8. The first-order chi connectivity index (χ1) is 12.4. The third-order valence-electron chi connectivity index (χ3n) is 4.17. The van der Waals surface area contributed by atoms with Gasteiger partial charge in [0.1, 0.15) is 12.7 Å². The highest BCUT2D eigenvalue weighted by Gasteiger charge is 2.23. The van der Waals surface area contributed by atoms with Gasteiger partial charge in [0.2, 0.25) is 0 Å². The summed E-state index contributed by atoms with van der Waals surface area (Å²) in [6.07, 6.45) is 4.98. The molecule has 0 aliphatic heterocycles. The summed E-state index contributed by atoms with van der Waals surface area (Å²) in [6, 6.07) is 0. The first-order valence-corrected chi connectivity index (χ1v) is 9.37. The van der Waals surface area contributed by atoms with E-state index in [-0.39, 0.29) is 19.4 Å². The summed E-state index contributed by atoms with van der Waals surface area (Å²) >= 11 is 0. The fourth-order valence-electron chi connectivity index (χ4n) is 2.63. The van der Waals surface area contributed by atoms with Crippen molar-refractivity contribution in [1.82, 2.24) is 0 Å². The minimum absolute atomic E-state index is 0.0970. The van der Waals surface area contributed by atoms with Crippen LogP contribution in [0.5, 0.6) is 0 Å². The molecule has 26 heavy (non-hydrogen) atoms. The van der Waals surface area contributed by atoms with Gasteiger partial charge in [-0.2, -0.15) is 0 Å². The van der Waals surface area contributed by atoms with Crippen LogP contribution < -0.4 is 0 Å². The molecule has 5 N–H and O–H groups in total. The van der Waals surface area contributed by atoms with E-state index in [9.17, 15) is 19.8 Å². The number of hydrogen-bond acceptors (Lipinski definition) is 7. The fraction of sp³-hybridized carbons (Fsp3) is 0.889. The molecule has 0 fully saturated rings. The second-order valence-corrected chi connectivity index (χ2v) is 6.64. The van der Waals surface area contributed by atoms with Crippen LogP contribution in [-0.4, -0.2) is 69.5 Å². The predicted molar refractivity (Wildman–Crippen MR) is 94.4 cm³/mol. The lowest BCUT2D eigenvalue weighted by Crippen LogP contribution is -2.28. The minimum Gasteiger partial charge on any atom is -0.481 e. The number of esters is 1. The highest BCUT2D eigenvalue weighted by atomic mass is 16.5. The maximum absolute atomic E-state index is 12.1. The maximum Gasteiger partial charge on any atom is 0.309 e. The Bertz CT molecular complexity index is 374. The van der Waals surface area contributed by atoms with Crippen molar-refractivity contribution in [3.05, 3.63) is 0 Å². The lowest BCUT2D eigenvalue weighted by atomic mass is 9.94. The van der Waals surface area contributed by atoms with Crippen LogP contribution in [0.1, 0.15) is 64.2 Å². The molecule has 0 aliphatic carbocycles. The molecule has 0 spiro atoms. The number of ether oxygens (including phenoxy) is 1. The first-order valence-electron chi connectivity index (χ1n) is 9.37. The summed E-state index contributed by atoms with van der Waals surface area (Å²) in [5, 5.41) is 45.0. The van der Waals surface area contributed by atoms with Gasteiger partial charge in [0.05, 0.1) is 25.2 Å². The Balaban J connectivity index is 4.00. The zero-order valence-corrected chi connectivity index (χ0v) is 15.4. The van der Waals surface area contributed by atoms with Crippen LogP contribution >= 0.6 is 0 Å². The average Bonchev–Trinajstić information content (AvgIpc) is 2.62. The molecule has 0 radical (unpaired) electrons. The van der Waals surface area contributed by atoms with E-state index in [1.54, 1.807) is 0 Å². The van der Waals surface area contributed by atoms with Crippen LogP contribution in [-0.2, 0) is 14.3 Å². The van der Waals surface area contributed by atoms with E-state index >= 15 is 0 Å². The number of hydrogen-bond donors (Lipinski definition) is 5. The second-order valence-electron chi connectivity index (χ2n) is 6.64. The molecule has 8 heteroatoms. The van der Waals surface area contributed by atoms with Crippen molar-refractivity contribution < 1.29 is 39.9 Å². The van der Waals surface area contributed by atoms with Crippen molar-refractivity contribution in [1.29, 1.82) is 0 Å². The van der Waals surface area contributed by atoms with Crippen molar-refractivity contribution >= 4 is 11.9 Å². The van der Waals surface area contributed by atoms with Crippen molar-refractivity contribution in [2.75, 3.05) is 19.8 Å². The van der Waals surface area contributed by atoms with Crippen molar-refractivity contribution in [2.24, 2.45) is 5.92 Å². The molecule has 0 saturated carbocycles. The lowest BCUT2D eigenvalue weighted by Gasteiger charge is -2.19. The molecule has 0 saturated heterocycles. The van der Waals surface area contributed by atoms with Crippen molar-refractivity contribution in [3.63, 3.8) is 0 Å². The summed E-state index contributed by atoms with van der Waals surface area (Å²) in [6.45, 7) is -1.22. The van der Waals surface area contributed by atoms with Crippen molar-refractivity contribution in [3.8, 4) is 0 Å². The predicted octanol–water partition coefficient (Wildman–Crippen LogP) is 0.838. The molecule has 0 bridgehead atoms. The number of aliphatic carboxylic acids is 1. The highest BCUT2D eigenvalue weighted by molar-refractivity contribution is 5.72. The van der Waals surface area contributed by atoms with Gasteiger partial charge < -0.3 is 30.3 Å². The van der Waals surface area contributed by atoms with Gasteiger partial charge in [-0.15, -0.1) is 0 Å². The van der Waals surface area contributed by atoms with E-state index in [4.69, 9.17) is 20.1 Å². The highest BCUT2D eigenvalue weighted by Crippen LogP contribution is 2.19. The molecular formula is C18H34O8. The molecule has 3 atom stereocenters. The molecular weight excluding hydrogens is 344 g/mol. The van der Waals surface area contributed by atoms with Gasteiger partial charge >= 0.3 is 11.9 Å². The Morgan fingerprint density at radius 1 is 0.808 bits per heavy atom. The summed E-state index contributed by atoms with van der Waals surface area (Å²) in [4.78, 5) is 22.4. The smallest absolute Gasteiger partial charge is 0.309 e. The van der Waals surface area contributed by atoms with Gasteiger partial charge in [0.25, 0.3) is 0 Å². The van der Waals surface area contributed by atoms with Gasteiger partial charge in [-0.25, -0.2) is 0 Å². The standard InChI is InChI=1S/C18H34O8/c19-11-15(21)10-14(18(25)26-13-16(22)12-20)8-6-4-2-1-3-5-7-9-17(23)24/h14-16,19-22H,1-13H2,(H,23,24). The molecule has 0 aliphatic rings. The second kappa shape index (κ2) is 16.0. The Morgan fingerprint density at radius 3 is 1.88 bits per heavy atom. The van der Waals surface area contributed by atoms with Gasteiger partial charge in [-0.3, -0.25) is 9.59 Å². The SMILES string of the molecule is O=C(O)CCCCCCCCCC(CC(O)CO)C(=O)OCC(O)CO. The zero-order valence-electron chi connectivity index (χ0n) is 15.4. The van der Waals surface area contributed by atoms with E-state index in [1.165, 1.54) is 0 Å². The topological polar surface area (TPSA) is 145 Å². The minimum atomic E-state index is -1.12. The molecule has 0 heterocycles. The third kappa shape index (κ3) is 14.0. The number of aliphatic hydroxyl groups excluding tert-OH is 4. The zero-order chi connectivity index (χ0) is 19.8. The molecule has 0 aromatic carbocycles. The van der Waals surface area contributed by atoms with Gasteiger partial charge in [-0.1, -0.05) is 38.5 Å². The quantitative estimate of drug-likeness (QED) is 0.185. The summed E-state index contributed by atoms with van der Waals surface area (Å²) in [5.41, 5.74) is 0. The van der Waals surface area contributed by atoms with Crippen molar-refractivity contribution in [2.45, 2.75) is 76.4 Å². The number of carbonyl (C=O) groups excluding carboxylic acids is 1. The summed E-state index contributed by atoms with van der Waals surface area (Å²) in [5.74, 6) is -1.86. The summed E-state index contributed by atoms with van der Waals surface area (Å²) in [7, 11) is 0. The van der Waals surface area contributed by atoms with E-state index in [1.807, 2.05) is 0 Å².